The topological polar surface area (TPSA) is 89.4 Å². The molecule has 0 aliphatic rings. The van der Waals surface area contributed by atoms with Gasteiger partial charge in [0, 0.05) is 34.3 Å². The Morgan fingerprint density at radius 2 is 1.96 bits per heavy atom. The Labute approximate surface area is 140 Å². The fraction of sp³-hybridized carbons (Fsp3) is 0. The summed E-state index contributed by atoms with van der Waals surface area (Å²) in [6.45, 7) is 0. The number of aromatic hydroxyl groups is 1. The van der Waals surface area contributed by atoms with E-state index in [4.69, 9.17) is 27.7 Å². The maximum atomic E-state index is 10.8. The monoisotopic (exact) mass is 350 g/mol. The molecule has 0 radical (unpaired) electrons. The third-order valence-corrected chi connectivity index (χ3v) is 3.66. The van der Waals surface area contributed by atoms with E-state index in [9.17, 15) is 15.2 Å². The molecule has 0 amide bonds. The van der Waals surface area contributed by atoms with Gasteiger partial charge in [0.15, 0.2) is 5.76 Å². The van der Waals surface area contributed by atoms with Crippen molar-refractivity contribution in [3.05, 3.63) is 62.6 Å². The molecule has 116 valence electrons. The third-order valence-electron chi connectivity index (χ3n) is 3.16. The van der Waals surface area contributed by atoms with Gasteiger partial charge in [-0.3, -0.25) is 10.1 Å². The average Bonchev–Trinajstić information content (AvgIpc) is 3.00. The van der Waals surface area contributed by atoms with Crippen LogP contribution in [-0.4, -0.2) is 15.2 Å². The number of benzene rings is 2. The van der Waals surface area contributed by atoms with Gasteiger partial charge in [0.2, 0.25) is 0 Å². The second-order valence-corrected chi connectivity index (χ2v) is 5.51. The van der Waals surface area contributed by atoms with Crippen molar-refractivity contribution >= 4 is 28.9 Å². The Bertz CT molecular complexity index is 908. The second kappa shape index (κ2) is 5.91. The lowest BCUT2D eigenvalue weighted by Crippen LogP contribution is -1.87. The fourth-order valence-electron chi connectivity index (χ4n) is 2.07. The average molecular weight is 351 g/mol. The van der Waals surface area contributed by atoms with Gasteiger partial charge in [-0.15, -0.1) is 0 Å². The van der Waals surface area contributed by atoms with Crippen molar-refractivity contribution in [2.75, 3.05) is 0 Å². The van der Waals surface area contributed by atoms with Crippen molar-refractivity contribution in [3.63, 3.8) is 0 Å². The number of non-ortho nitro benzene ring substituents is 1. The molecule has 23 heavy (non-hydrogen) atoms. The second-order valence-electron chi connectivity index (χ2n) is 4.67. The van der Waals surface area contributed by atoms with Crippen LogP contribution in [-0.2, 0) is 0 Å². The van der Waals surface area contributed by atoms with Gasteiger partial charge in [0.1, 0.15) is 11.4 Å². The summed E-state index contributed by atoms with van der Waals surface area (Å²) in [4.78, 5) is 10.3. The lowest BCUT2D eigenvalue weighted by molar-refractivity contribution is -0.384. The molecule has 0 fully saturated rings. The number of aromatic nitrogens is 1. The van der Waals surface area contributed by atoms with Crippen molar-refractivity contribution in [1.29, 1.82) is 0 Å². The minimum atomic E-state index is -0.497. The largest absolute Gasteiger partial charge is 0.506 e. The number of halogens is 2. The normalized spacial score (nSPS) is 10.7. The molecule has 0 saturated heterocycles. The first-order valence-corrected chi connectivity index (χ1v) is 7.11. The summed E-state index contributed by atoms with van der Waals surface area (Å²) >= 11 is 11.8. The molecule has 0 atom stereocenters. The van der Waals surface area contributed by atoms with Crippen LogP contribution in [0.5, 0.6) is 5.75 Å². The highest BCUT2D eigenvalue weighted by atomic mass is 35.5. The Morgan fingerprint density at radius 1 is 1.17 bits per heavy atom. The van der Waals surface area contributed by atoms with Gasteiger partial charge in [-0.05, 0) is 12.1 Å². The van der Waals surface area contributed by atoms with Crippen molar-refractivity contribution in [2.24, 2.45) is 0 Å². The SMILES string of the molecule is O=[N+]([O-])c1cccc(-c2cc(-c3cc(Cl)cc(Cl)c3O)no2)c1. The van der Waals surface area contributed by atoms with E-state index in [1.807, 2.05) is 0 Å². The van der Waals surface area contributed by atoms with E-state index in [0.717, 1.165) is 0 Å². The van der Waals surface area contributed by atoms with Gasteiger partial charge >= 0.3 is 0 Å². The molecule has 0 saturated carbocycles. The lowest BCUT2D eigenvalue weighted by Gasteiger charge is -2.03. The molecule has 0 unspecified atom stereocenters. The van der Waals surface area contributed by atoms with Crippen LogP contribution >= 0.6 is 23.2 Å². The van der Waals surface area contributed by atoms with Crippen molar-refractivity contribution in [1.82, 2.24) is 5.16 Å². The van der Waals surface area contributed by atoms with Gasteiger partial charge in [-0.2, -0.15) is 0 Å². The maximum absolute atomic E-state index is 10.8. The molecule has 8 heteroatoms. The molecule has 0 bridgehead atoms. The summed E-state index contributed by atoms with van der Waals surface area (Å²) in [5.41, 5.74) is 1.05. The minimum Gasteiger partial charge on any atom is -0.506 e. The molecule has 2 aromatic carbocycles. The number of nitro groups is 1. The summed E-state index contributed by atoms with van der Waals surface area (Å²) in [6.07, 6.45) is 0. The first kappa shape index (κ1) is 15.3. The predicted octanol–water partition coefficient (Wildman–Crippen LogP) is 4.93. The van der Waals surface area contributed by atoms with Crippen LogP contribution in [0.15, 0.2) is 47.0 Å². The summed E-state index contributed by atoms with van der Waals surface area (Å²) in [7, 11) is 0. The van der Waals surface area contributed by atoms with E-state index in [0.29, 0.717) is 27.6 Å². The standard InChI is InChI=1S/C15H8Cl2N2O4/c16-9-5-11(15(20)12(17)6-9)13-7-14(23-18-13)8-2-1-3-10(4-8)19(21)22/h1-7,20H. The molecule has 0 aliphatic carbocycles. The number of hydrogen-bond donors (Lipinski definition) is 1. The van der Waals surface area contributed by atoms with Crippen LogP contribution in [0.4, 0.5) is 5.69 Å². The Kier molecular flexibility index (Phi) is 3.94. The fourth-order valence-corrected chi connectivity index (χ4v) is 2.57. The van der Waals surface area contributed by atoms with Crippen molar-refractivity contribution in [2.45, 2.75) is 0 Å². The lowest BCUT2D eigenvalue weighted by atomic mass is 10.1. The van der Waals surface area contributed by atoms with Crippen LogP contribution in [0.25, 0.3) is 22.6 Å². The van der Waals surface area contributed by atoms with Crippen LogP contribution in [0.3, 0.4) is 0 Å². The van der Waals surface area contributed by atoms with E-state index in [1.54, 1.807) is 18.2 Å². The number of phenolic OH excluding ortho intramolecular Hbond substituents is 1. The minimum absolute atomic E-state index is 0.0610. The predicted molar refractivity (Wildman–Crippen MR) is 85.7 cm³/mol. The highest BCUT2D eigenvalue weighted by Crippen LogP contribution is 2.38. The van der Waals surface area contributed by atoms with Gasteiger partial charge in [0.25, 0.3) is 5.69 Å². The summed E-state index contributed by atoms with van der Waals surface area (Å²) < 4.78 is 5.20. The van der Waals surface area contributed by atoms with Crippen LogP contribution in [0, 0.1) is 10.1 Å². The number of nitro benzene ring substituents is 1. The first-order chi connectivity index (χ1) is 11.0. The van der Waals surface area contributed by atoms with Crippen molar-refractivity contribution < 1.29 is 14.6 Å². The molecule has 3 aromatic rings. The van der Waals surface area contributed by atoms with Crippen LogP contribution in [0.1, 0.15) is 0 Å². The Morgan fingerprint density at radius 3 is 2.70 bits per heavy atom. The zero-order valence-corrected chi connectivity index (χ0v) is 12.9. The number of nitrogens with zero attached hydrogens (tertiary/aromatic N) is 2. The molecule has 1 N–H and O–H groups in total. The zero-order chi connectivity index (χ0) is 16.6. The quantitative estimate of drug-likeness (QED) is 0.534. The van der Waals surface area contributed by atoms with E-state index >= 15 is 0 Å². The van der Waals surface area contributed by atoms with Gasteiger partial charge in [-0.25, -0.2) is 0 Å². The molecule has 1 aromatic heterocycles. The molecular weight excluding hydrogens is 343 g/mol. The van der Waals surface area contributed by atoms with Crippen molar-refractivity contribution in [3.8, 4) is 28.3 Å². The third kappa shape index (κ3) is 2.99. The van der Waals surface area contributed by atoms with E-state index < -0.39 is 4.92 Å². The molecule has 6 nitrogen and oxygen atoms in total. The molecule has 1 heterocycles. The smallest absolute Gasteiger partial charge is 0.270 e. The zero-order valence-electron chi connectivity index (χ0n) is 11.4. The van der Waals surface area contributed by atoms with Crippen LogP contribution in [0.2, 0.25) is 10.0 Å². The maximum Gasteiger partial charge on any atom is 0.270 e. The summed E-state index contributed by atoms with van der Waals surface area (Å²) in [5.74, 6) is 0.147. The Balaban J connectivity index is 2.05. The molecule has 0 aliphatic heterocycles. The van der Waals surface area contributed by atoms with E-state index in [2.05, 4.69) is 5.16 Å². The highest BCUT2D eigenvalue weighted by Gasteiger charge is 2.16. The van der Waals surface area contributed by atoms with Gasteiger partial charge in [-0.1, -0.05) is 40.5 Å². The first-order valence-electron chi connectivity index (χ1n) is 6.35. The number of phenols is 1. The van der Waals surface area contributed by atoms with E-state index in [-0.39, 0.29) is 16.5 Å². The van der Waals surface area contributed by atoms with Crippen LogP contribution < -0.4 is 0 Å². The number of hydrogen-bond acceptors (Lipinski definition) is 5. The molecule has 3 rings (SSSR count). The van der Waals surface area contributed by atoms with Gasteiger partial charge in [0.05, 0.1) is 9.95 Å². The summed E-state index contributed by atoms with van der Waals surface area (Å²) in [6, 6.07) is 10.4. The van der Waals surface area contributed by atoms with E-state index in [1.165, 1.54) is 24.3 Å². The highest BCUT2D eigenvalue weighted by molar-refractivity contribution is 6.36. The summed E-state index contributed by atoms with van der Waals surface area (Å²) in [5, 5.41) is 25.1. The number of rotatable bonds is 3. The Hall–Kier alpha value is -2.57. The van der Waals surface area contributed by atoms with Gasteiger partial charge < -0.3 is 9.63 Å². The molecule has 0 spiro atoms. The molecular formula is C15H8Cl2N2O4.